The minimum atomic E-state index is 0.948. The Kier molecular flexibility index (Phi) is 3.65. The summed E-state index contributed by atoms with van der Waals surface area (Å²) in [5.41, 5.74) is 5.77. The van der Waals surface area contributed by atoms with Crippen LogP contribution in [0.1, 0.15) is 24.7 Å². The third-order valence-electron chi connectivity index (χ3n) is 3.73. The van der Waals surface area contributed by atoms with Crippen LogP contribution in [0.15, 0.2) is 36.4 Å². The fourth-order valence-electron chi connectivity index (χ4n) is 2.74. The predicted octanol–water partition coefficient (Wildman–Crippen LogP) is 4.50. The topological polar surface area (TPSA) is 37.9 Å². The Balaban J connectivity index is 2.06. The van der Waals surface area contributed by atoms with Gasteiger partial charge in [0.05, 0.1) is 18.1 Å². The van der Waals surface area contributed by atoms with Crippen LogP contribution in [0.2, 0.25) is 0 Å². The van der Waals surface area contributed by atoms with E-state index in [1.807, 2.05) is 6.92 Å². The summed E-state index contributed by atoms with van der Waals surface area (Å²) in [4.78, 5) is 7.74. The first-order valence-electron chi connectivity index (χ1n) is 7.35. The fraction of sp³-hybridized carbons (Fsp3) is 0.278. The molecule has 0 saturated heterocycles. The molecule has 1 N–H and O–H groups in total. The summed E-state index contributed by atoms with van der Waals surface area (Å²) in [5.74, 6) is 1.92. The van der Waals surface area contributed by atoms with E-state index in [4.69, 9.17) is 4.74 Å². The molecule has 0 unspecified atom stereocenters. The number of methoxy groups -OCH3 is 1. The molecule has 1 aromatic heterocycles. The molecule has 1 heterocycles. The minimum absolute atomic E-state index is 0.948. The number of aryl methyl sites for hydroxylation is 2. The van der Waals surface area contributed by atoms with Gasteiger partial charge in [-0.05, 0) is 54.3 Å². The number of fused-ring (bicyclic) bond motifs is 1. The van der Waals surface area contributed by atoms with E-state index < -0.39 is 0 Å². The number of hydrogen-bond donors (Lipinski definition) is 1. The number of H-pyrrole nitrogens is 1. The first-order chi connectivity index (χ1) is 10.2. The van der Waals surface area contributed by atoms with Gasteiger partial charge in [-0.15, -0.1) is 0 Å². The minimum Gasteiger partial charge on any atom is -0.496 e. The summed E-state index contributed by atoms with van der Waals surface area (Å²) < 4.78 is 5.45. The van der Waals surface area contributed by atoms with E-state index in [1.54, 1.807) is 7.11 Å². The third kappa shape index (κ3) is 2.64. The number of nitrogens with zero attached hydrogens (tertiary/aromatic N) is 1. The summed E-state index contributed by atoms with van der Waals surface area (Å²) in [6.07, 6.45) is 2.14. The molecule has 0 radical (unpaired) electrons. The van der Waals surface area contributed by atoms with E-state index in [9.17, 15) is 0 Å². The van der Waals surface area contributed by atoms with Crippen molar-refractivity contribution in [2.24, 2.45) is 0 Å². The molecule has 0 bridgehead atoms. The Morgan fingerprint density at radius 1 is 1.10 bits per heavy atom. The quantitative estimate of drug-likeness (QED) is 0.764. The summed E-state index contributed by atoms with van der Waals surface area (Å²) in [6.45, 7) is 4.16. The highest BCUT2D eigenvalue weighted by Crippen LogP contribution is 2.29. The summed E-state index contributed by atoms with van der Waals surface area (Å²) in [5, 5.41) is 0. The van der Waals surface area contributed by atoms with Gasteiger partial charge in [0.25, 0.3) is 0 Å². The number of hydrogen-bond acceptors (Lipinski definition) is 2. The van der Waals surface area contributed by atoms with Gasteiger partial charge in [0.2, 0.25) is 0 Å². The lowest BCUT2D eigenvalue weighted by Crippen LogP contribution is -1.92. The van der Waals surface area contributed by atoms with Gasteiger partial charge in [0.15, 0.2) is 0 Å². The first-order valence-corrected chi connectivity index (χ1v) is 7.35. The number of aromatic amines is 1. The third-order valence-corrected chi connectivity index (χ3v) is 3.73. The summed E-state index contributed by atoms with van der Waals surface area (Å²) >= 11 is 0. The molecule has 0 amide bonds. The average molecular weight is 280 g/mol. The molecule has 3 aromatic rings. The monoisotopic (exact) mass is 280 g/mol. The average Bonchev–Trinajstić information content (AvgIpc) is 2.86. The highest BCUT2D eigenvalue weighted by atomic mass is 16.5. The van der Waals surface area contributed by atoms with Crippen LogP contribution >= 0.6 is 0 Å². The van der Waals surface area contributed by atoms with Gasteiger partial charge in [-0.2, -0.15) is 0 Å². The standard InChI is InChI=1S/C18H20N2O/c1-4-5-15-10-13(7-9-18(15)21-3)14-6-8-16-17(11-14)20-12(2)19-16/h6-11H,4-5H2,1-3H3,(H,19,20). The lowest BCUT2D eigenvalue weighted by atomic mass is 10.00. The zero-order chi connectivity index (χ0) is 14.8. The van der Waals surface area contributed by atoms with Gasteiger partial charge in [0.1, 0.15) is 11.6 Å². The Morgan fingerprint density at radius 3 is 2.62 bits per heavy atom. The van der Waals surface area contributed by atoms with Crippen molar-refractivity contribution in [1.82, 2.24) is 9.97 Å². The summed E-state index contributed by atoms with van der Waals surface area (Å²) in [7, 11) is 1.73. The molecule has 0 fully saturated rings. The first kappa shape index (κ1) is 13.7. The van der Waals surface area contributed by atoms with Crippen LogP contribution < -0.4 is 4.74 Å². The van der Waals surface area contributed by atoms with Gasteiger partial charge in [-0.3, -0.25) is 0 Å². The lowest BCUT2D eigenvalue weighted by Gasteiger charge is -2.10. The molecule has 0 aliphatic rings. The number of benzene rings is 2. The maximum Gasteiger partial charge on any atom is 0.122 e. The van der Waals surface area contributed by atoms with E-state index in [1.165, 1.54) is 16.7 Å². The van der Waals surface area contributed by atoms with Crippen LogP contribution in [0.5, 0.6) is 5.75 Å². The van der Waals surface area contributed by atoms with Crippen LogP contribution in [0.25, 0.3) is 22.2 Å². The molecule has 3 rings (SSSR count). The molecule has 2 aromatic carbocycles. The maximum atomic E-state index is 5.45. The van der Waals surface area contributed by atoms with Gasteiger partial charge < -0.3 is 9.72 Å². The van der Waals surface area contributed by atoms with E-state index in [2.05, 4.69) is 53.3 Å². The van der Waals surface area contributed by atoms with E-state index in [-0.39, 0.29) is 0 Å². The molecule has 0 saturated carbocycles. The van der Waals surface area contributed by atoms with Gasteiger partial charge in [-0.25, -0.2) is 4.98 Å². The SMILES string of the molecule is CCCc1cc(-c2ccc3nc(C)[nH]c3c2)ccc1OC. The number of rotatable bonds is 4. The second-order valence-corrected chi connectivity index (χ2v) is 5.33. The highest BCUT2D eigenvalue weighted by Gasteiger charge is 2.07. The second kappa shape index (κ2) is 5.60. The van der Waals surface area contributed by atoms with Crippen molar-refractivity contribution in [2.45, 2.75) is 26.7 Å². The zero-order valence-electron chi connectivity index (χ0n) is 12.7. The fourth-order valence-corrected chi connectivity index (χ4v) is 2.74. The van der Waals surface area contributed by atoms with Crippen molar-refractivity contribution < 1.29 is 4.74 Å². The van der Waals surface area contributed by atoms with E-state index in [0.717, 1.165) is 35.4 Å². The van der Waals surface area contributed by atoms with Crippen molar-refractivity contribution >= 4 is 11.0 Å². The molecule has 108 valence electrons. The van der Waals surface area contributed by atoms with Crippen LogP contribution in [0, 0.1) is 6.92 Å². The number of imidazole rings is 1. The van der Waals surface area contributed by atoms with Crippen LogP contribution in [0.4, 0.5) is 0 Å². The molecule has 0 atom stereocenters. The molecule has 21 heavy (non-hydrogen) atoms. The second-order valence-electron chi connectivity index (χ2n) is 5.33. The molecular weight excluding hydrogens is 260 g/mol. The van der Waals surface area contributed by atoms with E-state index in [0.29, 0.717) is 0 Å². The van der Waals surface area contributed by atoms with Crippen molar-refractivity contribution in [3.8, 4) is 16.9 Å². The molecule has 0 aliphatic heterocycles. The van der Waals surface area contributed by atoms with E-state index >= 15 is 0 Å². The van der Waals surface area contributed by atoms with Gasteiger partial charge in [-0.1, -0.05) is 25.5 Å². The molecular formula is C18H20N2O. The smallest absolute Gasteiger partial charge is 0.122 e. The van der Waals surface area contributed by atoms with Gasteiger partial charge in [0, 0.05) is 0 Å². The van der Waals surface area contributed by atoms with Crippen molar-refractivity contribution in [3.63, 3.8) is 0 Å². The highest BCUT2D eigenvalue weighted by molar-refractivity contribution is 5.82. The number of nitrogens with one attached hydrogen (secondary N) is 1. The zero-order valence-corrected chi connectivity index (χ0v) is 12.7. The van der Waals surface area contributed by atoms with Crippen LogP contribution in [-0.4, -0.2) is 17.1 Å². The molecule has 0 aliphatic carbocycles. The van der Waals surface area contributed by atoms with Gasteiger partial charge >= 0.3 is 0 Å². The predicted molar refractivity (Wildman–Crippen MR) is 86.8 cm³/mol. The van der Waals surface area contributed by atoms with Crippen molar-refractivity contribution in [3.05, 3.63) is 47.8 Å². The molecule has 0 spiro atoms. The molecule has 3 heteroatoms. The number of ether oxygens (including phenoxy) is 1. The molecule has 3 nitrogen and oxygen atoms in total. The Morgan fingerprint density at radius 2 is 1.86 bits per heavy atom. The number of aromatic nitrogens is 2. The normalized spacial score (nSPS) is 11.0. The summed E-state index contributed by atoms with van der Waals surface area (Å²) in [6, 6.07) is 12.8. The Bertz CT molecular complexity index is 774. The Labute approximate surface area is 125 Å². The maximum absolute atomic E-state index is 5.45. The lowest BCUT2D eigenvalue weighted by molar-refractivity contribution is 0.409. The van der Waals surface area contributed by atoms with Crippen LogP contribution in [0.3, 0.4) is 0 Å². The largest absolute Gasteiger partial charge is 0.496 e. The Hall–Kier alpha value is -2.29. The van der Waals surface area contributed by atoms with Crippen molar-refractivity contribution in [1.29, 1.82) is 0 Å². The van der Waals surface area contributed by atoms with Crippen LogP contribution in [-0.2, 0) is 6.42 Å². The van der Waals surface area contributed by atoms with Crippen molar-refractivity contribution in [2.75, 3.05) is 7.11 Å².